The van der Waals surface area contributed by atoms with Crippen LogP contribution >= 0.6 is 0 Å². The van der Waals surface area contributed by atoms with Crippen LogP contribution in [0.5, 0.6) is 0 Å². The molecule has 0 saturated heterocycles. The third-order valence-corrected chi connectivity index (χ3v) is 6.63. The van der Waals surface area contributed by atoms with Crippen molar-refractivity contribution in [3.8, 4) is 0 Å². The van der Waals surface area contributed by atoms with Crippen LogP contribution < -0.4 is 0 Å². The second-order valence-electron chi connectivity index (χ2n) is 9.01. The number of ether oxygens (including phenoxy) is 2. The molecule has 2 nitrogen and oxygen atoms in total. The summed E-state index contributed by atoms with van der Waals surface area (Å²) in [5, 5.41) is 0. The zero-order valence-electron chi connectivity index (χ0n) is 22.7. The Hall–Kier alpha value is -1.90. The maximum Gasteiger partial charge on any atom is 0.147 e. The summed E-state index contributed by atoms with van der Waals surface area (Å²) in [5.74, 6) is 0. The molecule has 0 bridgehead atoms. The number of hydrogen-bond acceptors (Lipinski definition) is 2. The lowest BCUT2D eigenvalue weighted by molar-refractivity contribution is -0.190. The van der Waals surface area contributed by atoms with E-state index in [1.165, 1.54) is 43.2 Å². The smallest absolute Gasteiger partial charge is 0.147 e. The molecule has 0 heterocycles. The van der Waals surface area contributed by atoms with Crippen molar-refractivity contribution in [2.75, 3.05) is 13.7 Å². The van der Waals surface area contributed by atoms with Gasteiger partial charge in [0.15, 0.2) is 0 Å². The molecule has 0 fully saturated rings. The van der Waals surface area contributed by atoms with Crippen molar-refractivity contribution in [3.05, 3.63) is 84.4 Å². The summed E-state index contributed by atoms with van der Waals surface area (Å²) in [6.45, 7) is 12.8. The van der Waals surface area contributed by atoms with Crippen LogP contribution in [0.1, 0.15) is 103 Å². The van der Waals surface area contributed by atoms with Gasteiger partial charge in [-0.05, 0) is 37.3 Å². The van der Waals surface area contributed by atoms with Crippen molar-refractivity contribution in [2.24, 2.45) is 0 Å². The average molecular weight is 467 g/mol. The van der Waals surface area contributed by atoms with Crippen molar-refractivity contribution >= 4 is 0 Å². The molecule has 1 atom stereocenters. The largest absolute Gasteiger partial charge is 0.374 e. The summed E-state index contributed by atoms with van der Waals surface area (Å²) in [6, 6.07) is 21.4. The minimum absolute atomic E-state index is 0.411. The van der Waals surface area contributed by atoms with E-state index in [1.807, 2.05) is 13.2 Å². The molecule has 190 valence electrons. The fourth-order valence-electron chi connectivity index (χ4n) is 4.97. The van der Waals surface area contributed by atoms with Gasteiger partial charge in [0.2, 0.25) is 0 Å². The Morgan fingerprint density at radius 1 is 0.706 bits per heavy atom. The first-order valence-electron chi connectivity index (χ1n) is 13.5. The molecule has 0 spiro atoms. The molecule has 0 radical (unpaired) electrons. The predicted molar refractivity (Wildman–Crippen MR) is 148 cm³/mol. The highest BCUT2D eigenvalue weighted by molar-refractivity contribution is 5.41. The van der Waals surface area contributed by atoms with E-state index in [9.17, 15) is 0 Å². The van der Waals surface area contributed by atoms with Gasteiger partial charge in [0.25, 0.3) is 0 Å². The van der Waals surface area contributed by atoms with Crippen molar-refractivity contribution in [2.45, 2.75) is 103 Å². The summed E-state index contributed by atoms with van der Waals surface area (Å²) >= 11 is 0. The summed E-state index contributed by atoms with van der Waals surface area (Å²) in [6.07, 6.45) is 13.6. The van der Waals surface area contributed by atoms with Crippen molar-refractivity contribution in [1.82, 2.24) is 0 Å². The first kappa shape index (κ1) is 30.1. The van der Waals surface area contributed by atoms with Crippen LogP contribution in [0.2, 0.25) is 0 Å². The first-order chi connectivity index (χ1) is 16.6. The van der Waals surface area contributed by atoms with Crippen LogP contribution in [0, 0.1) is 0 Å². The number of unbranched alkanes of at least 4 members (excludes halogenated alkanes) is 5. The Balaban J connectivity index is 0.00000133. The van der Waals surface area contributed by atoms with Gasteiger partial charge in [0, 0.05) is 13.7 Å². The maximum absolute atomic E-state index is 6.78. The van der Waals surface area contributed by atoms with E-state index in [1.54, 1.807) is 0 Å². The monoisotopic (exact) mass is 466 g/mol. The molecule has 0 saturated carbocycles. The standard InChI is InChI=1S/C28H42O2.C4H8/c1-5-8-9-10-11-18-24-27(29-4,23-6-2)28(30-7-3,25-19-14-12-15-20-25)26-21-16-13-17-22-26;1-3-4-2/h12-17,19-22H,5-11,18,23-24H2,1-4H3;3H,1,4H2,2H3. The van der Waals surface area contributed by atoms with Gasteiger partial charge in [-0.25, -0.2) is 0 Å². The lowest BCUT2D eigenvalue weighted by Crippen LogP contribution is -2.55. The summed E-state index contributed by atoms with van der Waals surface area (Å²) < 4.78 is 13.3. The van der Waals surface area contributed by atoms with Crippen LogP contribution in [0.15, 0.2) is 73.3 Å². The molecule has 2 aromatic carbocycles. The van der Waals surface area contributed by atoms with E-state index in [0.717, 1.165) is 32.1 Å². The fourth-order valence-corrected chi connectivity index (χ4v) is 4.97. The minimum atomic E-state index is -0.627. The predicted octanol–water partition coefficient (Wildman–Crippen LogP) is 9.48. The van der Waals surface area contributed by atoms with E-state index < -0.39 is 11.2 Å². The molecule has 2 heteroatoms. The number of hydrogen-bond donors (Lipinski definition) is 0. The molecule has 2 aromatic rings. The molecule has 0 N–H and O–H groups in total. The third kappa shape index (κ3) is 8.10. The molecule has 0 amide bonds. The van der Waals surface area contributed by atoms with Crippen LogP contribution in [-0.4, -0.2) is 19.3 Å². The van der Waals surface area contributed by atoms with Crippen LogP contribution in [0.3, 0.4) is 0 Å². The lowest BCUT2D eigenvalue weighted by atomic mass is 9.68. The first-order valence-corrected chi connectivity index (χ1v) is 13.5. The fraction of sp³-hybridized carbons (Fsp3) is 0.562. The summed E-state index contributed by atoms with van der Waals surface area (Å²) in [5.41, 5.74) is 1.32. The lowest BCUT2D eigenvalue weighted by Gasteiger charge is -2.50. The molecule has 1 unspecified atom stereocenters. The quantitative estimate of drug-likeness (QED) is 0.181. The van der Waals surface area contributed by atoms with Gasteiger partial charge in [0.05, 0.1) is 0 Å². The second kappa shape index (κ2) is 17.5. The molecule has 0 aliphatic rings. The molecular weight excluding hydrogens is 416 g/mol. The van der Waals surface area contributed by atoms with E-state index in [0.29, 0.717) is 6.61 Å². The minimum Gasteiger partial charge on any atom is -0.374 e. The van der Waals surface area contributed by atoms with Gasteiger partial charge >= 0.3 is 0 Å². The highest BCUT2D eigenvalue weighted by Gasteiger charge is 2.54. The second-order valence-corrected chi connectivity index (χ2v) is 9.01. The van der Waals surface area contributed by atoms with Gasteiger partial charge in [-0.2, -0.15) is 0 Å². The van der Waals surface area contributed by atoms with E-state index >= 15 is 0 Å². The third-order valence-electron chi connectivity index (χ3n) is 6.63. The zero-order valence-corrected chi connectivity index (χ0v) is 22.7. The molecule has 0 aromatic heterocycles. The zero-order chi connectivity index (χ0) is 25.1. The van der Waals surface area contributed by atoms with E-state index in [2.05, 4.69) is 94.9 Å². The van der Waals surface area contributed by atoms with Crippen LogP contribution in [-0.2, 0) is 15.1 Å². The van der Waals surface area contributed by atoms with Crippen LogP contribution in [0.4, 0.5) is 0 Å². The average Bonchev–Trinajstić information content (AvgIpc) is 2.90. The molecule has 0 aliphatic heterocycles. The Bertz CT molecular complexity index is 701. The maximum atomic E-state index is 6.78. The number of benzene rings is 2. The Kier molecular flexibility index (Phi) is 15.5. The van der Waals surface area contributed by atoms with E-state index in [4.69, 9.17) is 9.47 Å². The Morgan fingerprint density at radius 3 is 1.62 bits per heavy atom. The number of allylic oxidation sites excluding steroid dienone is 1. The summed E-state index contributed by atoms with van der Waals surface area (Å²) in [4.78, 5) is 0. The molecule has 34 heavy (non-hydrogen) atoms. The Labute approximate surface area is 210 Å². The number of rotatable bonds is 16. The van der Waals surface area contributed by atoms with Gasteiger partial charge in [-0.3, -0.25) is 0 Å². The highest BCUT2D eigenvalue weighted by Crippen LogP contribution is 2.49. The van der Waals surface area contributed by atoms with Crippen molar-refractivity contribution < 1.29 is 9.47 Å². The van der Waals surface area contributed by atoms with Gasteiger partial charge in [-0.1, -0.05) is 132 Å². The molecular formula is C32H50O2. The van der Waals surface area contributed by atoms with Crippen LogP contribution in [0.25, 0.3) is 0 Å². The SMILES string of the molecule is C=CCC.CCCCCCCCC(CCC)(OC)C(OCC)(c1ccccc1)c1ccccc1. The van der Waals surface area contributed by atoms with E-state index in [-0.39, 0.29) is 0 Å². The van der Waals surface area contributed by atoms with Crippen molar-refractivity contribution in [1.29, 1.82) is 0 Å². The molecule has 0 aliphatic carbocycles. The number of methoxy groups -OCH3 is 1. The molecule has 2 rings (SSSR count). The van der Waals surface area contributed by atoms with Gasteiger partial charge in [0.1, 0.15) is 11.2 Å². The normalized spacial score (nSPS) is 13.0. The topological polar surface area (TPSA) is 18.5 Å². The van der Waals surface area contributed by atoms with Crippen molar-refractivity contribution in [3.63, 3.8) is 0 Å². The van der Waals surface area contributed by atoms with Gasteiger partial charge in [-0.15, -0.1) is 6.58 Å². The van der Waals surface area contributed by atoms with Gasteiger partial charge < -0.3 is 9.47 Å². The Morgan fingerprint density at radius 2 is 1.21 bits per heavy atom. The summed E-state index contributed by atoms with van der Waals surface area (Å²) in [7, 11) is 1.88. The highest BCUT2D eigenvalue weighted by atomic mass is 16.6.